The number of hydrogen-bond donors (Lipinski definition) is 1. The molecule has 1 aromatic heterocycles. The maximum Gasteiger partial charge on any atom is 0.165 e. The first-order chi connectivity index (χ1) is 14.0. The molecule has 0 spiro atoms. The van der Waals surface area contributed by atoms with Crippen molar-refractivity contribution in [3.05, 3.63) is 89.6 Å². The average molecular weight is 397 g/mol. The Morgan fingerprint density at radius 2 is 1.76 bits per heavy atom. The predicted molar refractivity (Wildman–Crippen MR) is 111 cm³/mol. The van der Waals surface area contributed by atoms with Gasteiger partial charge in [0.25, 0.3) is 0 Å². The fraction of sp³-hybridized carbons (Fsp3) is 0.333. The van der Waals surface area contributed by atoms with Gasteiger partial charge in [-0.05, 0) is 41.3 Å². The van der Waals surface area contributed by atoms with Gasteiger partial charge in [-0.1, -0.05) is 50.2 Å². The maximum absolute atomic E-state index is 13.7. The summed E-state index contributed by atoms with van der Waals surface area (Å²) < 4.78 is 24.6. The number of nitrogens with zero attached hydrogens (tertiary/aromatic N) is 1. The van der Waals surface area contributed by atoms with Gasteiger partial charge in [-0.2, -0.15) is 0 Å². The molecule has 29 heavy (non-hydrogen) atoms. The van der Waals surface area contributed by atoms with Crippen LogP contribution in [0.2, 0.25) is 0 Å². The number of aliphatic hydroxyl groups is 1. The molecule has 1 unspecified atom stereocenters. The molecule has 1 N–H and O–H groups in total. The average Bonchev–Trinajstić information content (AvgIpc) is 3.21. The Morgan fingerprint density at radius 1 is 1.00 bits per heavy atom. The quantitative estimate of drug-likeness (QED) is 0.524. The number of halogens is 1. The fourth-order valence-corrected chi connectivity index (χ4v) is 3.17. The predicted octanol–water partition coefficient (Wildman–Crippen LogP) is 4.98. The van der Waals surface area contributed by atoms with Crippen LogP contribution in [0.3, 0.4) is 0 Å². The van der Waals surface area contributed by atoms with Crippen molar-refractivity contribution in [1.82, 2.24) is 4.90 Å². The van der Waals surface area contributed by atoms with Gasteiger partial charge in [0.15, 0.2) is 11.6 Å². The number of hydrogen-bond acceptors (Lipinski definition) is 4. The van der Waals surface area contributed by atoms with Crippen molar-refractivity contribution in [3.8, 4) is 5.75 Å². The van der Waals surface area contributed by atoms with Crippen LogP contribution in [0.4, 0.5) is 4.39 Å². The first-order valence-corrected chi connectivity index (χ1v) is 9.90. The lowest BCUT2D eigenvalue weighted by Gasteiger charge is -2.24. The van der Waals surface area contributed by atoms with E-state index in [1.165, 1.54) is 11.6 Å². The van der Waals surface area contributed by atoms with Crippen LogP contribution < -0.4 is 4.74 Å². The third-order valence-electron chi connectivity index (χ3n) is 4.75. The Labute approximate surface area is 171 Å². The SMILES string of the molecule is CC(C)c1ccc(CN(Cc2ccco2)CC(O)COc2ccccc2F)cc1. The Kier molecular flexibility index (Phi) is 7.44. The standard InChI is InChI=1S/C24H28FNO3/c1-18(2)20-11-9-19(10-12-20)14-26(16-22-6-5-13-28-22)15-21(27)17-29-24-8-4-3-7-23(24)25/h3-13,18,21,27H,14-17H2,1-2H3. The van der Waals surface area contributed by atoms with E-state index >= 15 is 0 Å². The van der Waals surface area contributed by atoms with Crippen LogP contribution in [0.15, 0.2) is 71.3 Å². The van der Waals surface area contributed by atoms with Gasteiger partial charge >= 0.3 is 0 Å². The number of benzene rings is 2. The van der Waals surface area contributed by atoms with E-state index in [-0.39, 0.29) is 12.4 Å². The molecule has 4 nitrogen and oxygen atoms in total. The zero-order valence-corrected chi connectivity index (χ0v) is 16.9. The van der Waals surface area contributed by atoms with Crippen molar-refractivity contribution in [2.45, 2.75) is 39.0 Å². The first kappa shape index (κ1) is 21.1. The number of para-hydroxylation sites is 1. The molecule has 0 bridgehead atoms. The lowest BCUT2D eigenvalue weighted by atomic mass is 10.0. The third kappa shape index (κ3) is 6.44. The first-order valence-electron chi connectivity index (χ1n) is 9.90. The zero-order chi connectivity index (χ0) is 20.6. The molecule has 0 radical (unpaired) electrons. The summed E-state index contributed by atoms with van der Waals surface area (Å²) >= 11 is 0. The van der Waals surface area contributed by atoms with Gasteiger partial charge in [-0.15, -0.1) is 0 Å². The molecule has 1 atom stereocenters. The Balaban J connectivity index is 1.62. The smallest absolute Gasteiger partial charge is 0.165 e. The third-order valence-corrected chi connectivity index (χ3v) is 4.75. The second-order valence-electron chi connectivity index (χ2n) is 7.54. The van der Waals surface area contributed by atoms with E-state index in [1.54, 1.807) is 24.5 Å². The summed E-state index contributed by atoms with van der Waals surface area (Å²) in [5.74, 6) is 1.03. The summed E-state index contributed by atoms with van der Waals surface area (Å²) in [6.45, 7) is 5.96. The molecule has 0 amide bonds. The summed E-state index contributed by atoms with van der Waals surface area (Å²) in [4.78, 5) is 2.10. The Morgan fingerprint density at radius 3 is 2.41 bits per heavy atom. The number of ether oxygens (including phenoxy) is 1. The highest BCUT2D eigenvalue weighted by molar-refractivity contribution is 5.25. The lowest BCUT2D eigenvalue weighted by molar-refractivity contribution is 0.0592. The maximum atomic E-state index is 13.7. The van der Waals surface area contributed by atoms with Crippen molar-refractivity contribution in [2.75, 3.05) is 13.2 Å². The van der Waals surface area contributed by atoms with Crippen molar-refractivity contribution in [3.63, 3.8) is 0 Å². The Hall–Kier alpha value is -2.63. The molecule has 2 aromatic carbocycles. The van der Waals surface area contributed by atoms with Gasteiger partial charge in [-0.25, -0.2) is 4.39 Å². The number of aliphatic hydroxyl groups excluding tert-OH is 1. The number of rotatable bonds is 10. The van der Waals surface area contributed by atoms with Crippen molar-refractivity contribution in [1.29, 1.82) is 0 Å². The van der Waals surface area contributed by atoms with E-state index in [2.05, 4.69) is 43.0 Å². The van der Waals surface area contributed by atoms with Crippen molar-refractivity contribution >= 4 is 0 Å². The molecule has 0 aliphatic carbocycles. The highest BCUT2D eigenvalue weighted by Crippen LogP contribution is 2.18. The van der Waals surface area contributed by atoms with Gasteiger partial charge in [0.2, 0.25) is 0 Å². The molecule has 3 aromatic rings. The van der Waals surface area contributed by atoms with Crippen molar-refractivity contribution in [2.24, 2.45) is 0 Å². The van der Waals surface area contributed by atoms with Gasteiger partial charge in [0.05, 0.1) is 12.8 Å². The van der Waals surface area contributed by atoms with Gasteiger partial charge in [0.1, 0.15) is 18.5 Å². The molecular weight excluding hydrogens is 369 g/mol. The summed E-state index contributed by atoms with van der Waals surface area (Å²) in [6, 6.07) is 18.5. The second kappa shape index (κ2) is 10.2. The molecule has 154 valence electrons. The van der Waals surface area contributed by atoms with E-state index in [0.717, 1.165) is 11.3 Å². The Bertz CT molecular complexity index is 862. The van der Waals surface area contributed by atoms with E-state index in [9.17, 15) is 9.50 Å². The largest absolute Gasteiger partial charge is 0.488 e. The zero-order valence-electron chi connectivity index (χ0n) is 16.9. The normalized spacial score (nSPS) is 12.5. The summed E-state index contributed by atoms with van der Waals surface area (Å²) in [7, 11) is 0. The van der Waals surface area contributed by atoms with Gasteiger partial charge in [0, 0.05) is 13.1 Å². The van der Waals surface area contributed by atoms with Gasteiger partial charge < -0.3 is 14.3 Å². The second-order valence-corrected chi connectivity index (χ2v) is 7.54. The van der Waals surface area contributed by atoms with Crippen LogP contribution in [0.25, 0.3) is 0 Å². The fourth-order valence-electron chi connectivity index (χ4n) is 3.17. The van der Waals surface area contributed by atoms with Crippen LogP contribution in [-0.2, 0) is 13.1 Å². The molecular formula is C24H28FNO3. The molecule has 0 aliphatic heterocycles. The van der Waals surface area contributed by atoms with E-state index < -0.39 is 11.9 Å². The van der Waals surface area contributed by atoms with E-state index in [0.29, 0.717) is 25.6 Å². The highest BCUT2D eigenvalue weighted by Gasteiger charge is 2.16. The van der Waals surface area contributed by atoms with Crippen LogP contribution in [0.5, 0.6) is 5.75 Å². The molecule has 0 saturated carbocycles. The molecule has 5 heteroatoms. The monoisotopic (exact) mass is 397 g/mol. The summed E-state index contributed by atoms with van der Waals surface area (Å²) in [5.41, 5.74) is 2.45. The molecule has 0 fully saturated rings. The number of furan rings is 1. The van der Waals surface area contributed by atoms with Crippen LogP contribution in [-0.4, -0.2) is 29.3 Å². The van der Waals surface area contributed by atoms with E-state index in [4.69, 9.17) is 9.15 Å². The molecule has 0 saturated heterocycles. The molecule has 1 heterocycles. The van der Waals surface area contributed by atoms with E-state index in [1.807, 2.05) is 12.1 Å². The minimum absolute atomic E-state index is 0.0157. The minimum Gasteiger partial charge on any atom is -0.488 e. The summed E-state index contributed by atoms with van der Waals surface area (Å²) in [6.07, 6.45) is 0.877. The topological polar surface area (TPSA) is 45.8 Å². The van der Waals surface area contributed by atoms with Crippen LogP contribution in [0.1, 0.15) is 36.7 Å². The minimum atomic E-state index is -0.764. The van der Waals surface area contributed by atoms with Crippen molar-refractivity contribution < 1.29 is 18.7 Å². The summed E-state index contributed by atoms with van der Waals surface area (Å²) in [5, 5.41) is 10.5. The molecule has 3 rings (SSSR count). The van der Waals surface area contributed by atoms with Crippen LogP contribution >= 0.6 is 0 Å². The lowest BCUT2D eigenvalue weighted by Crippen LogP contribution is -2.35. The molecule has 0 aliphatic rings. The van der Waals surface area contributed by atoms with Gasteiger partial charge in [-0.3, -0.25) is 4.90 Å². The van der Waals surface area contributed by atoms with Crippen LogP contribution in [0, 0.1) is 5.82 Å². The highest BCUT2D eigenvalue weighted by atomic mass is 19.1.